The van der Waals surface area contributed by atoms with Crippen LogP contribution in [0.15, 0.2) is 12.1 Å². The second-order valence-corrected chi connectivity index (χ2v) is 6.15. The minimum absolute atomic E-state index is 0.120. The number of hydrogen-bond donors (Lipinski definition) is 0. The van der Waals surface area contributed by atoms with Crippen molar-refractivity contribution in [1.82, 2.24) is 0 Å². The zero-order valence-electron chi connectivity index (χ0n) is 12.5. The molecule has 1 saturated carbocycles. The third kappa shape index (κ3) is 2.69. The number of methoxy groups -OCH3 is 1. The summed E-state index contributed by atoms with van der Waals surface area (Å²) in [7, 11) is 1.74. The normalized spacial score (nSPS) is 28.9. The Morgan fingerprint density at radius 2 is 1.95 bits per heavy atom. The molecule has 0 saturated heterocycles. The van der Waals surface area contributed by atoms with Crippen LogP contribution in [-0.2, 0) is 15.9 Å². The van der Waals surface area contributed by atoms with Gasteiger partial charge in [-0.3, -0.25) is 0 Å². The summed E-state index contributed by atoms with van der Waals surface area (Å²) >= 11 is 0. The maximum Gasteiger partial charge on any atom is 0.341 e. The fraction of sp³-hybridized carbons (Fsp3) is 0.588. The number of rotatable bonds is 2. The number of hydrogen-bond acceptors (Lipinski definition) is 3. The van der Waals surface area contributed by atoms with Gasteiger partial charge in [0.15, 0.2) is 0 Å². The fourth-order valence-corrected chi connectivity index (χ4v) is 3.52. The monoisotopic (exact) mass is 292 g/mol. The van der Waals surface area contributed by atoms with E-state index in [4.69, 9.17) is 9.47 Å². The van der Waals surface area contributed by atoms with Gasteiger partial charge in [0, 0.05) is 13.5 Å². The lowest BCUT2D eigenvalue weighted by Crippen LogP contribution is -2.37. The number of benzene rings is 1. The summed E-state index contributed by atoms with van der Waals surface area (Å²) in [5.41, 5.74) is 1.41. The van der Waals surface area contributed by atoms with Gasteiger partial charge in [0.2, 0.25) is 0 Å². The Bertz CT molecular complexity index is 547. The smallest absolute Gasteiger partial charge is 0.341 e. The lowest BCUT2D eigenvalue weighted by atomic mass is 9.80. The maximum absolute atomic E-state index is 14.1. The van der Waals surface area contributed by atoms with Crippen molar-refractivity contribution in [3.63, 3.8) is 0 Å². The quantitative estimate of drug-likeness (QED) is 0.784. The Morgan fingerprint density at radius 3 is 2.62 bits per heavy atom. The summed E-state index contributed by atoms with van der Waals surface area (Å²) < 4.78 is 25.0. The number of fused-ring (bicyclic) bond motifs is 1. The lowest BCUT2D eigenvalue weighted by molar-refractivity contribution is -0.0135. The molecule has 0 N–H and O–H groups in total. The molecule has 0 aromatic heterocycles. The van der Waals surface area contributed by atoms with Gasteiger partial charge in [-0.25, -0.2) is 9.18 Å². The molecule has 114 valence electrons. The molecular formula is C17H21FO3. The predicted molar refractivity (Wildman–Crippen MR) is 76.8 cm³/mol. The van der Waals surface area contributed by atoms with Gasteiger partial charge in [-0.1, -0.05) is 12.1 Å². The summed E-state index contributed by atoms with van der Waals surface area (Å²) in [5.74, 6) is -0.576. The Balaban J connectivity index is 1.77. The van der Waals surface area contributed by atoms with Crippen LogP contribution in [0.25, 0.3) is 0 Å². The van der Waals surface area contributed by atoms with E-state index in [1.165, 1.54) is 0 Å². The highest BCUT2D eigenvalue weighted by atomic mass is 19.1. The van der Waals surface area contributed by atoms with Crippen LogP contribution in [0.3, 0.4) is 0 Å². The van der Waals surface area contributed by atoms with Crippen LogP contribution in [0.2, 0.25) is 0 Å². The average molecular weight is 292 g/mol. The molecule has 21 heavy (non-hydrogen) atoms. The van der Waals surface area contributed by atoms with Crippen LogP contribution in [0.1, 0.15) is 47.2 Å². The van der Waals surface area contributed by atoms with Gasteiger partial charge in [-0.2, -0.15) is 0 Å². The van der Waals surface area contributed by atoms with E-state index in [-0.39, 0.29) is 11.7 Å². The molecule has 3 nitrogen and oxygen atoms in total. The van der Waals surface area contributed by atoms with E-state index in [9.17, 15) is 9.18 Å². The number of esters is 1. The summed E-state index contributed by atoms with van der Waals surface area (Å²) in [6, 6.07) is 3.60. The molecule has 1 aliphatic heterocycles. The van der Waals surface area contributed by atoms with Gasteiger partial charge in [-0.15, -0.1) is 0 Å². The second kappa shape index (κ2) is 5.76. The largest absolute Gasteiger partial charge is 0.458 e. The van der Waals surface area contributed by atoms with E-state index in [1.807, 2.05) is 6.07 Å². The van der Waals surface area contributed by atoms with Crippen molar-refractivity contribution in [2.75, 3.05) is 7.11 Å². The summed E-state index contributed by atoms with van der Waals surface area (Å²) in [6.45, 7) is 1.67. The van der Waals surface area contributed by atoms with E-state index in [0.717, 1.165) is 31.2 Å². The molecule has 1 aromatic rings. The highest BCUT2D eigenvalue weighted by molar-refractivity contribution is 5.92. The van der Waals surface area contributed by atoms with E-state index in [2.05, 4.69) is 0 Å². The Hall–Kier alpha value is -1.42. The van der Waals surface area contributed by atoms with Gasteiger partial charge < -0.3 is 9.47 Å². The molecule has 1 fully saturated rings. The molecule has 0 bridgehead atoms. The van der Waals surface area contributed by atoms with Gasteiger partial charge in [0.25, 0.3) is 0 Å². The average Bonchev–Trinajstić information content (AvgIpc) is 2.50. The number of cyclic esters (lactones) is 1. The lowest BCUT2D eigenvalue weighted by Gasteiger charge is -2.35. The molecule has 0 radical (unpaired) electrons. The molecule has 2 aliphatic rings. The molecule has 4 heteroatoms. The minimum Gasteiger partial charge on any atom is -0.458 e. The van der Waals surface area contributed by atoms with Crippen molar-refractivity contribution >= 4 is 5.97 Å². The number of ether oxygens (including phenoxy) is 2. The van der Waals surface area contributed by atoms with Gasteiger partial charge in [0.1, 0.15) is 11.9 Å². The van der Waals surface area contributed by atoms with E-state index < -0.39 is 11.8 Å². The molecule has 1 atom stereocenters. The predicted octanol–water partition coefficient (Wildman–Crippen LogP) is 3.42. The van der Waals surface area contributed by atoms with Crippen molar-refractivity contribution in [3.05, 3.63) is 34.6 Å². The summed E-state index contributed by atoms with van der Waals surface area (Å²) in [4.78, 5) is 12.1. The van der Waals surface area contributed by atoms with Crippen molar-refractivity contribution < 1.29 is 18.7 Å². The molecule has 1 unspecified atom stereocenters. The molecular weight excluding hydrogens is 271 g/mol. The van der Waals surface area contributed by atoms with Crippen molar-refractivity contribution in [2.45, 2.75) is 51.2 Å². The standard InChI is InChI=1S/C17H21FO3/c1-10-3-4-12-9-14(21-17(19)15(12)16(10)18)11-5-7-13(20-2)8-6-11/h3-4,11,13-14H,5-9H2,1-2H3. The van der Waals surface area contributed by atoms with Crippen LogP contribution >= 0.6 is 0 Å². The number of carbonyl (C=O) groups is 1. The van der Waals surface area contributed by atoms with Crippen molar-refractivity contribution in [2.24, 2.45) is 5.92 Å². The highest BCUT2D eigenvalue weighted by Gasteiger charge is 2.36. The molecule has 1 heterocycles. The molecule has 0 spiro atoms. The van der Waals surface area contributed by atoms with Crippen LogP contribution in [0, 0.1) is 18.7 Å². The van der Waals surface area contributed by atoms with Gasteiger partial charge in [-0.05, 0) is 49.7 Å². The zero-order valence-corrected chi connectivity index (χ0v) is 12.5. The fourth-order valence-electron chi connectivity index (χ4n) is 3.52. The Labute approximate surface area is 124 Å². The molecule has 1 aliphatic carbocycles. The minimum atomic E-state index is -0.503. The van der Waals surface area contributed by atoms with Crippen molar-refractivity contribution in [1.29, 1.82) is 0 Å². The SMILES string of the molecule is COC1CCC(C2Cc3ccc(C)c(F)c3C(=O)O2)CC1. The van der Waals surface area contributed by atoms with Crippen molar-refractivity contribution in [3.8, 4) is 0 Å². The third-order valence-electron chi connectivity index (χ3n) is 4.88. The van der Waals surface area contributed by atoms with Crippen LogP contribution in [0.4, 0.5) is 4.39 Å². The van der Waals surface area contributed by atoms with Crippen LogP contribution in [0.5, 0.6) is 0 Å². The number of aryl methyl sites for hydroxylation is 1. The summed E-state index contributed by atoms with van der Waals surface area (Å²) in [6.07, 6.45) is 4.84. The highest BCUT2D eigenvalue weighted by Crippen LogP contribution is 2.35. The first-order valence-electron chi connectivity index (χ1n) is 7.62. The van der Waals surface area contributed by atoms with Gasteiger partial charge in [0.05, 0.1) is 11.7 Å². The van der Waals surface area contributed by atoms with E-state index >= 15 is 0 Å². The molecule has 3 rings (SSSR count). The van der Waals surface area contributed by atoms with E-state index in [1.54, 1.807) is 20.1 Å². The first kappa shape index (κ1) is 14.5. The summed E-state index contributed by atoms with van der Waals surface area (Å²) in [5, 5.41) is 0. The molecule has 0 amide bonds. The van der Waals surface area contributed by atoms with Crippen LogP contribution < -0.4 is 0 Å². The number of halogens is 1. The first-order valence-corrected chi connectivity index (χ1v) is 7.62. The topological polar surface area (TPSA) is 35.5 Å². The third-order valence-corrected chi connectivity index (χ3v) is 4.88. The van der Waals surface area contributed by atoms with Crippen LogP contribution in [-0.4, -0.2) is 25.3 Å². The Morgan fingerprint density at radius 1 is 1.24 bits per heavy atom. The number of carbonyl (C=O) groups excluding carboxylic acids is 1. The molecule has 1 aromatic carbocycles. The van der Waals surface area contributed by atoms with Gasteiger partial charge >= 0.3 is 5.97 Å². The maximum atomic E-state index is 14.1. The zero-order chi connectivity index (χ0) is 15.0. The first-order chi connectivity index (χ1) is 10.1. The van der Waals surface area contributed by atoms with E-state index in [0.29, 0.717) is 24.0 Å². The second-order valence-electron chi connectivity index (χ2n) is 6.15. The Kier molecular flexibility index (Phi) is 3.98.